The third-order valence-corrected chi connectivity index (χ3v) is 5.03. The molecule has 0 unspecified atom stereocenters. The summed E-state index contributed by atoms with van der Waals surface area (Å²) < 4.78 is 2.25. The molecule has 0 fully saturated rings. The Labute approximate surface area is 150 Å². The Morgan fingerprint density at radius 2 is 1.04 bits per heavy atom. The molecule has 0 aliphatic carbocycles. The molecule has 2 N–H and O–H groups in total. The van der Waals surface area contributed by atoms with Crippen molar-refractivity contribution in [2.45, 2.75) is 0 Å². The van der Waals surface area contributed by atoms with Crippen molar-refractivity contribution in [2.75, 3.05) is 0 Å². The molecule has 1 aromatic heterocycles. The Bertz CT molecular complexity index is 1220. The SMILES string of the molecule is OB(O)c1ccc(-n2c3ccccc3c3ccccc32)c2ccccc12. The zero-order chi connectivity index (χ0) is 17.7. The zero-order valence-electron chi connectivity index (χ0n) is 14.0. The average Bonchev–Trinajstić information content (AvgIpc) is 3.01. The van der Waals surface area contributed by atoms with E-state index in [-0.39, 0.29) is 0 Å². The summed E-state index contributed by atoms with van der Waals surface area (Å²) in [6, 6.07) is 28.4. The minimum Gasteiger partial charge on any atom is -0.423 e. The van der Waals surface area contributed by atoms with Crippen LogP contribution in [0.25, 0.3) is 38.3 Å². The van der Waals surface area contributed by atoms with Crippen molar-refractivity contribution < 1.29 is 10.0 Å². The first-order valence-corrected chi connectivity index (χ1v) is 8.62. The largest absolute Gasteiger partial charge is 0.489 e. The topological polar surface area (TPSA) is 45.4 Å². The van der Waals surface area contributed by atoms with Gasteiger partial charge in [-0.25, -0.2) is 0 Å². The van der Waals surface area contributed by atoms with E-state index in [9.17, 15) is 10.0 Å². The van der Waals surface area contributed by atoms with Gasteiger partial charge in [0, 0.05) is 16.2 Å². The van der Waals surface area contributed by atoms with Gasteiger partial charge >= 0.3 is 7.12 Å². The fourth-order valence-electron chi connectivity index (χ4n) is 3.91. The van der Waals surface area contributed by atoms with Crippen LogP contribution in [-0.2, 0) is 0 Å². The van der Waals surface area contributed by atoms with Gasteiger partial charge in [0.05, 0.1) is 16.7 Å². The van der Waals surface area contributed by atoms with E-state index in [0.717, 1.165) is 27.5 Å². The van der Waals surface area contributed by atoms with Crippen molar-refractivity contribution in [1.82, 2.24) is 4.57 Å². The third-order valence-electron chi connectivity index (χ3n) is 5.03. The molecule has 0 radical (unpaired) electrons. The van der Waals surface area contributed by atoms with Gasteiger partial charge in [-0.15, -0.1) is 0 Å². The Hall–Kier alpha value is -3.08. The number of hydrogen-bond acceptors (Lipinski definition) is 2. The normalized spacial score (nSPS) is 11.5. The monoisotopic (exact) mass is 337 g/mol. The molecule has 0 bridgehead atoms. The molecular weight excluding hydrogens is 321 g/mol. The van der Waals surface area contributed by atoms with E-state index in [1.165, 1.54) is 10.8 Å². The number of hydrogen-bond donors (Lipinski definition) is 2. The minimum absolute atomic E-state index is 0.519. The zero-order valence-corrected chi connectivity index (χ0v) is 14.0. The molecule has 0 aliphatic rings. The van der Waals surface area contributed by atoms with E-state index in [0.29, 0.717) is 5.46 Å². The highest BCUT2D eigenvalue weighted by Gasteiger charge is 2.18. The van der Waals surface area contributed by atoms with E-state index in [1.54, 1.807) is 6.07 Å². The quantitative estimate of drug-likeness (QED) is 0.483. The Morgan fingerprint density at radius 1 is 0.538 bits per heavy atom. The van der Waals surface area contributed by atoms with Gasteiger partial charge in [-0.05, 0) is 29.0 Å². The second kappa shape index (κ2) is 5.73. The lowest BCUT2D eigenvalue weighted by Gasteiger charge is -2.14. The predicted molar refractivity (Wildman–Crippen MR) is 108 cm³/mol. The van der Waals surface area contributed by atoms with Gasteiger partial charge in [0.1, 0.15) is 0 Å². The second-order valence-electron chi connectivity index (χ2n) is 6.46. The van der Waals surface area contributed by atoms with Crippen LogP contribution in [0.3, 0.4) is 0 Å². The van der Waals surface area contributed by atoms with E-state index in [4.69, 9.17) is 0 Å². The Kier molecular flexibility index (Phi) is 3.35. The van der Waals surface area contributed by atoms with Crippen molar-refractivity contribution in [1.29, 1.82) is 0 Å². The first kappa shape index (κ1) is 15.2. The fraction of sp³-hybridized carbons (Fsp3) is 0. The molecule has 1 heterocycles. The maximum atomic E-state index is 9.74. The molecule has 26 heavy (non-hydrogen) atoms. The minimum atomic E-state index is -1.49. The highest BCUT2D eigenvalue weighted by Crippen LogP contribution is 2.34. The smallest absolute Gasteiger partial charge is 0.423 e. The molecule has 3 nitrogen and oxygen atoms in total. The van der Waals surface area contributed by atoms with Gasteiger partial charge in [0.15, 0.2) is 0 Å². The molecule has 4 heteroatoms. The summed E-state index contributed by atoms with van der Waals surface area (Å²) >= 11 is 0. The lowest BCUT2D eigenvalue weighted by molar-refractivity contribution is 0.426. The van der Waals surface area contributed by atoms with Gasteiger partial charge < -0.3 is 14.6 Å². The van der Waals surface area contributed by atoms with Crippen LogP contribution in [0.5, 0.6) is 0 Å². The Balaban J connectivity index is 1.96. The molecule has 0 amide bonds. The molecular formula is C22H16BNO2. The van der Waals surface area contributed by atoms with E-state index >= 15 is 0 Å². The number of aromatic nitrogens is 1. The summed E-state index contributed by atoms with van der Waals surface area (Å²) in [6.45, 7) is 0. The van der Waals surface area contributed by atoms with Crippen LogP contribution >= 0.6 is 0 Å². The van der Waals surface area contributed by atoms with E-state index in [2.05, 4.69) is 41.0 Å². The molecule has 5 aromatic rings. The van der Waals surface area contributed by atoms with Crippen molar-refractivity contribution in [2.24, 2.45) is 0 Å². The van der Waals surface area contributed by atoms with Crippen LogP contribution in [-0.4, -0.2) is 21.7 Å². The summed E-state index contributed by atoms with van der Waals surface area (Å²) in [5.74, 6) is 0. The van der Waals surface area contributed by atoms with Gasteiger partial charge in [-0.3, -0.25) is 0 Å². The summed E-state index contributed by atoms with van der Waals surface area (Å²) in [7, 11) is -1.49. The summed E-state index contributed by atoms with van der Waals surface area (Å²) in [5, 5.41) is 23.7. The molecule has 124 valence electrons. The first-order valence-electron chi connectivity index (χ1n) is 8.62. The lowest BCUT2D eigenvalue weighted by Crippen LogP contribution is -2.30. The van der Waals surface area contributed by atoms with Crippen molar-refractivity contribution in [3.8, 4) is 5.69 Å². The molecule has 0 aliphatic heterocycles. The first-order chi connectivity index (χ1) is 12.8. The number of para-hydroxylation sites is 2. The van der Waals surface area contributed by atoms with Gasteiger partial charge in [0.2, 0.25) is 0 Å². The second-order valence-corrected chi connectivity index (χ2v) is 6.46. The summed E-state index contributed by atoms with van der Waals surface area (Å²) in [4.78, 5) is 0. The lowest BCUT2D eigenvalue weighted by atomic mass is 9.77. The van der Waals surface area contributed by atoms with Gasteiger partial charge in [0.25, 0.3) is 0 Å². The summed E-state index contributed by atoms with van der Waals surface area (Å²) in [6.07, 6.45) is 0. The molecule has 0 atom stereocenters. The molecule has 4 aromatic carbocycles. The van der Waals surface area contributed by atoms with E-state index < -0.39 is 7.12 Å². The van der Waals surface area contributed by atoms with Crippen molar-refractivity contribution in [3.63, 3.8) is 0 Å². The number of rotatable bonds is 2. The Morgan fingerprint density at radius 3 is 1.62 bits per heavy atom. The van der Waals surface area contributed by atoms with Crippen LogP contribution < -0.4 is 5.46 Å². The van der Waals surface area contributed by atoms with Crippen LogP contribution in [0.2, 0.25) is 0 Å². The molecule has 0 saturated carbocycles. The van der Waals surface area contributed by atoms with Crippen molar-refractivity contribution >= 4 is 45.2 Å². The number of fused-ring (bicyclic) bond motifs is 4. The van der Waals surface area contributed by atoms with E-state index in [1.807, 2.05) is 42.5 Å². The average molecular weight is 337 g/mol. The number of nitrogens with zero attached hydrogens (tertiary/aromatic N) is 1. The van der Waals surface area contributed by atoms with Gasteiger partial charge in [-0.1, -0.05) is 66.7 Å². The standard InChI is InChI=1S/C22H16BNO2/c25-23(26)19-13-14-22(16-8-2-1-7-15(16)19)24-20-11-5-3-9-17(20)18-10-4-6-12-21(18)24/h1-14,25-26H. The van der Waals surface area contributed by atoms with Crippen LogP contribution in [0.4, 0.5) is 0 Å². The maximum Gasteiger partial charge on any atom is 0.489 e. The fourth-order valence-corrected chi connectivity index (χ4v) is 3.91. The maximum absolute atomic E-state index is 9.74. The molecule has 0 spiro atoms. The molecule has 0 saturated heterocycles. The predicted octanol–water partition coefficient (Wildman–Crippen LogP) is 3.62. The summed E-state index contributed by atoms with van der Waals surface area (Å²) in [5.41, 5.74) is 3.82. The molecule has 5 rings (SSSR count). The third kappa shape index (κ3) is 2.10. The highest BCUT2D eigenvalue weighted by atomic mass is 16.4. The van der Waals surface area contributed by atoms with Gasteiger partial charge in [-0.2, -0.15) is 0 Å². The number of benzene rings is 4. The van der Waals surface area contributed by atoms with Crippen LogP contribution in [0.15, 0.2) is 84.9 Å². The van der Waals surface area contributed by atoms with Crippen LogP contribution in [0.1, 0.15) is 0 Å². The highest BCUT2D eigenvalue weighted by molar-refractivity contribution is 6.62. The van der Waals surface area contributed by atoms with Crippen molar-refractivity contribution in [3.05, 3.63) is 84.9 Å². The van der Waals surface area contributed by atoms with Crippen LogP contribution in [0, 0.1) is 0 Å².